The van der Waals surface area contributed by atoms with Crippen LogP contribution in [0.25, 0.3) is 0 Å². The van der Waals surface area contributed by atoms with E-state index >= 15 is 0 Å². The van der Waals surface area contributed by atoms with Crippen LogP contribution in [0.2, 0.25) is 5.02 Å². The molecule has 0 bridgehead atoms. The predicted octanol–water partition coefficient (Wildman–Crippen LogP) is 3.67. The lowest BCUT2D eigenvalue weighted by atomic mass is 10.1. The number of carbonyl (C=O) groups excluding carboxylic acids is 1. The summed E-state index contributed by atoms with van der Waals surface area (Å²) in [6.45, 7) is 8.73. The zero-order valence-electron chi connectivity index (χ0n) is 12.5. The van der Waals surface area contributed by atoms with Crippen LogP contribution in [0.3, 0.4) is 0 Å². The molecule has 0 aromatic heterocycles. The van der Waals surface area contributed by atoms with Crippen molar-refractivity contribution in [1.29, 1.82) is 0 Å². The lowest BCUT2D eigenvalue weighted by Crippen LogP contribution is -2.30. The maximum Gasteiger partial charge on any atom is 0.251 e. The zero-order valence-corrected chi connectivity index (χ0v) is 13.2. The molecule has 5 heteroatoms. The van der Waals surface area contributed by atoms with Crippen molar-refractivity contribution >= 4 is 17.5 Å². The molecule has 0 atom stereocenters. The molecule has 1 aromatic carbocycles. The van der Waals surface area contributed by atoms with Gasteiger partial charge in [-0.1, -0.05) is 18.5 Å². The number of ether oxygens (including phenoxy) is 2. The predicted molar refractivity (Wildman–Crippen MR) is 81.0 cm³/mol. The fraction of sp³-hybridized carbons (Fsp3) is 0.533. The van der Waals surface area contributed by atoms with E-state index in [1.54, 1.807) is 12.1 Å². The van der Waals surface area contributed by atoms with Gasteiger partial charge in [-0.05, 0) is 39.3 Å². The molecule has 1 N–H and O–H groups in total. The zero-order chi connectivity index (χ0) is 15.1. The van der Waals surface area contributed by atoms with Crippen molar-refractivity contribution in [2.75, 3.05) is 13.2 Å². The van der Waals surface area contributed by atoms with E-state index in [0.29, 0.717) is 35.3 Å². The van der Waals surface area contributed by atoms with Gasteiger partial charge in [-0.3, -0.25) is 4.79 Å². The highest BCUT2D eigenvalue weighted by molar-refractivity contribution is 6.32. The molecule has 0 aliphatic rings. The van der Waals surface area contributed by atoms with Crippen LogP contribution in [0.15, 0.2) is 12.1 Å². The van der Waals surface area contributed by atoms with Gasteiger partial charge in [-0.25, -0.2) is 0 Å². The standard InChI is InChI=1S/C15H22ClNO3/c1-5-7-20-14-12(16)8-11(9-13(14)19-6-2)15(18)17-10(3)4/h8-10H,5-7H2,1-4H3,(H,17,18). The Morgan fingerprint density at radius 2 is 2.00 bits per heavy atom. The highest BCUT2D eigenvalue weighted by Crippen LogP contribution is 2.36. The number of carbonyl (C=O) groups is 1. The van der Waals surface area contributed by atoms with Gasteiger partial charge in [0.1, 0.15) is 0 Å². The van der Waals surface area contributed by atoms with Gasteiger partial charge in [0.2, 0.25) is 0 Å². The van der Waals surface area contributed by atoms with Gasteiger partial charge in [0, 0.05) is 11.6 Å². The molecule has 0 heterocycles. The molecule has 0 spiro atoms. The third-order valence-electron chi connectivity index (χ3n) is 2.44. The van der Waals surface area contributed by atoms with Crippen LogP contribution < -0.4 is 14.8 Å². The smallest absolute Gasteiger partial charge is 0.251 e. The summed E-state index contributed by atoms with van der Waals surface area (Å²) in [4.78, 5) is 12.0. The van der Waals surface area contributed by atoms with E-state index in [-0.39, 0.29) is 11.9 Å². The lowest BCUT2D eigenvalue weighted by molar-refractivity contribution is 0.0942. The van der Waals surface area contributed by atoms with E-state index in [1.807, 2.05) is 27.7 Å². The molecule has 0 radical (unpaired) electrons. The second kappa shape index (κ2) is 8.00. The minimum Gasteiger partial charge on any atom is -0.490 e. The van der Waals surface area contributed by atoms with Crippen LogP contribution >= 0.6 is 11.6 Å². The molecule has 112 valence electrons. The summed E-state index contributed by atoms with van der Waals surface area (Å²) in [7, 11) is 0. The molecule has 0 saturated carbocycles. The van der Waals surface area contributed by atoms with Crippen LogP contribution in [0, 0.1) is 0 Å². The minimum absolute atomic E-state index is 0.0628. The Morgan fingerprint density at radius 3 is 2.55 bits per heavy atom. The molecule has 1 amide bonds. The largest absolute Gasteiger partial charge is 0.490 e. The van der Waals surface area contributed by atoms with Crippen LogP contribution in [0.1, 0.15) is 44.5 Å². The number of hydrogen-bond acceptors (Lipinski definition) is 3. The molecular weight excluding hydrogens is 278 g/mol. The Labute approximate surface area is 125 Å². The molecule has 1 rings (SSSR count). The summed E-state index contributed by atoms with van der Waals surface area (Å²) in [5.41, 5.74) is 0.469. The van der Waals surface area contributed by atoms with Crippen molar-refractivity contribution in [3.05, 3.63) is 22.7 Å². The molecule has 1 aromatic rings. The Kier molecular flexibility index (Phi) is 6.65. The van der Waals surface area contributed by atoms with E-state index in [2.05, 4.69) is 5.32 Å². The van der Waals surface area contributed by atoms with Crippen molar-refractivity contribution in [3.63, 3.8) is 0 Å². The van der Waals surface area contributed by atoms with Crippen LogP contribution in [-0.4, -0.2) is 25.2 Å². The summed E-state index contributed by atoms with van der Waals surface area (Å²) >= 11 is 6.20. The first kappa shape index (κ1) is 16.6. The van der Waals surface area contributed by atoms with Crippen molar-refractivity contribution in [1.82, 2.24) is 5.32 Å². The highest BCUT2D eigenvalue weighted by Gasteiger charge is 2.16. The number of nitrogens with one attached hydrogen (secondary N) is 1. The molecule has 4 nitrogen and oxygen atoms in total. The van der Waals surface area contributed by atoms with Crippen LogP contribution in [0.4, 0.5) is 0 Å². The lowest BCUT2D eigenvalue weighted by Gasteiger charge is -2.15. The van der Waals surface area contributed by atoms with Crippen molar-refractivity contribution in [2.45, 2.75) is 40.2 Å². The summed E-state index contributed by atoms with van der Waals surface area (Å²) < 4.78 is 11.1. The Hall–Kier alpha value is -1.42. The average molecular weight is 300 g/mol. The van der Waals surface area contributed by atoms with E-state index < -0.39 is 0 Å². The monoisotopic (exact) mass is 299 g/mol. The fourth-order valence-corrected chi connectivity index (χ4v) is 1.92. The summed E-state index contributed by atoms with van der Waals surface area (Å²) in [6, 6.07) is 3.33. The van der Waals surface area contributed by atoms with E-state index in [1.165, 1.54) is 0 Å². The van der Waals surface area contributed by atoms with Crippen molar-refractivity contribution in [3.8, 4) is 11.5 Å². The molecule has 0 aliphatic heterocycles. The maximum absolute atomic E-state index is 12.0. The Bertz CT molecular complexity index is 461. The van der Waals surface area contributed by atoms with Crippen LogP contribution in [0.5, 0.6) is 11.5 Å². The second-order valence-electron chi connectivity index (χ2n) is 4.69. The quantitative estimate of drug-likeness (QED) is 0.835. The highest BCUT2D eigenvalue weighted by atomic mass is 35.5. The molecule has 0 aliphatic carbocycles. The number of benzene rings is 1. The molecule has 20 heavy (non-hydrogen) atoms. The van der Waals surface area contributed by atoms with Gasteiger partial charge in [-0.2, -0.15) is 0 Å². The van der Waals surface area contributed by atoms with Gasteiger partial charge in [0.15, 0.2) is 11.5 Å². The summed E-state index contributed by atoms with van der Waals surface area (Å²) in [5.74, 6) is 0.823. The topological polar surface area (TPSA) is 47.6 Å². The summed E-state index contributed by atoms with van der Waals surface area (Å²) in [6.07, 6.45) is 0.873. The normalized spacial score (nSPS) is 10.5. The minimum atomic E-state index is -0.176. The third kappa shape index (κ3) is 4.60. The number of amides is 1. The van der Waals surface area contributed by atoms with Crippen molar-refractivity contribution < 1.29 is 14.3 Å². The average Bonchev–Trinajstić information content (AvgIpc) is 2.37. The second-order valence-corrected chi connectivity index (χ2v) is 5.10. The van der Waals surface area contributed by atoms with E-state index in [4.69, 9.17) is 21.1 Å². The van der Waals surface area contributed by atoms with Crippen molar-refractivity contribution in [2.24, 2.45) is 0 Å². The Morgan fingerprint density at radius 1 is 1.30 bits per heavy atom. The van der Waals surface area contributed by atoms with Gasteiger partial charge < -0.3 is 14.8 Å². The van der Waals surface area contributed by atoms with Gasteiger partial charge in [0.25, 0.3) is 5.91 Å². The van der Waals surface area contributed by atoms with Crippen LogP contribution in [-0.2, 0) is 0 Å². The van der Waals surface area contributed by atoms with Gasteiger partial charge in [-0.15, -0.1) is 0 Å². The first-order chi connectivity index (χ1) is 9.49. The first-order valence-electron chi connectivity index (χ1n) is 6.89. The molecule has 0 unspecified atom stereocenters. The fourth-order valence-electron chi connectivity index (χ4n) is 1.65. The summed E-state index contributed by atoms with van der Waals surface area (Å²) in [5, 5.41) is 3.21. The Balaban J connectivity index is 3.08. The molecule has 0 fully saturated rings. The van der Waals surface area contributed by atoms with E-state index in [9.17, 15) is 4.79 Å². The number of halogens is 1. The number of rotatable bonds is 7. The van der Waals surface area contributed by atoms with Gasteiger partial charge >= 0.3 is 0 Å². The number of hydrogen-bond donors (Lipinski definition) is 1. The first-order valence-corrected chi connectivity index (χ1v) is 7.27. The third-order valence-corrected chi connectivity index (χ3v) is 2.72. The maximum atomic E-state index is 12.0. The molecule has 0 saturated heterocycles. The SMILES string of the molecule is CCCOc1c(Cl)cc(C(=O)NC(C)C)cc1OCC. The van der Waals surface area contributed by atoms with Gasteiger partial charge in [0.05, 0.1) is 18.2 Å². The van der Waals surface area contributed by atoms with E-state index in [0.717, 1.165) is 6.42 Å². The molecular formula is C15H22ClNO3.